The molecule has 0 aliphatic rings. The van der Waals surface area contributed by atoms with Crippen LogP contribution in [0.3, 0.4) is 0 Å². The molecular formula is C16H16N4O2S. The molecule has 2 N–H and O–H groups in total. The van der Waals surface area contributed by atoms with Gasteiger partial charge in [-0.05, 0) is 24.6 Å². The first-order chi connectivity index (χ1) is 11.1. The maximum Gasteiger partial charge on any atom is 0.327 e. The molecule has 0 saturated heterocycles. The lowest BCUT2D eigenvalue weighted by molar-refractivity contribution is 0.261. The van der Waals surface area contributed by atoms with Crippen LogP contribution in [0.4, 0.5) is 16.5 Å². The van der Waals surface area contributed by atoms with Gasteiger partial charge in [-0.15, -0.1) is 11.3 Å². The summed E-state index contributed by atoms with van der Waals surface area (Å²) in [6, 6.07) is 7.52. The summed E-state index contributed by atoms with van der Waals surface area (Å²) in [6.45, 7) is 4.17. The van der Waals surface area contributed by atoms with Crippen molar-refractivity contribution >= 4 is 29.1 Å². The van der Waals surface area contributed by atoms with Gasteiger partial charge in [0.15, 0.2) is 0 Å². The van der Waals surface area contributed by atoms with Gasteiger partial charge in [0.1, 0.15) is 6.26 Å². The van der Waals surface area contributed by atoms with Gasteiger partial charge in [-0.25, -0.2) is 14.8 Å². The summed E-state index contributed by atoms with van der Waals surface area (Å²) >= 11 is 1.66. The van der Waals surface area contributed by atoms with E-state index < -0.39 is 6.03 Å². The van der Waals surface area contributed by atoms with Crippen molar-refractivity contribution in [2.24, 2.45) is 0 Å². The quantitative estimate of drug-likeness (QED) is 0.751. The summed E-state index contributed by atoms with van der Waals surface area (Å²) in [5, 5.41) is 5.24. The SMILES string of the molecule is Cc1ncsc1[C@H](C)c1ccc(NC(=O)Nc2ncco2)cc1. The highest BCUT2D eigenvalue weighted by Gasteiger charge is 2.13. The monoisotopic (exact) mass is 328 g/mol. The molecule has 3 aromatic rings. The zero-order valence-corrected chi connectivity index (χ0v) is 13.6. The zero-order valence-electron chi connectivity index (χ0n) is 12.7. The Kier molecular flexibility index (Phi) is 4.38. The van der Waals surface area contributed by atoms with E-state index in [1.165, 1.54) is 22.9 Å². The van der Waals surface area contributed by atoms with Crippen LogP contribution in [0, 0.1) is 6.92 Å². The van der Waals surface area contributed by atoms with Gasteiger partial charge in [0.25, 0.3) is 0 Å². The Labute approximate surface area is 137 Å². The van der Waals surface area contributed by atoms with Crippen LogP contribution in [0.2, 0.25) is 0 Å². The number of rotatable bonds is 4. The van der Waals surface area contributed by atoms with E-state index in [0.717, 1.165) is 5.69 Å². The summed E-state index contributed by atoms with van der Waals surface area (Å²) in [7, 11) is 0. The second-order valence-electron chi connectivity index (χ2n) is 5.06. The first-order valence-corrected chi connectivity index (χ1v) is 7.99. The molecule has 118 valence electrons. The van der Waals surface area contributed by atoms with E-state index in [1.54, 1.807) is 11.3 Å². The largest absolute Gasteiger partial charge is 0.432 e. The Morgan fingerprint density at radius 1 is 1.22 bits per heavy atom. The number of amides is 2. The van der Waals surface area contributed by atoms with E-state index in [4.69, 9.17) is 4.42 Å². The Balaban J connectivity index is 1.65. The number of oxazole rings is 1. The predicted molar refractivity (Wildman–Crippen MR) is 90.0 cm³/mol. The average molecular weight is 328 g/mol. The number of nitrogens with zero attached hydrogens (tertiary/aromatic N) is 2. The number of anilines is 2. The fourth-order valence-corrected chi connectivity index (χ4v) is 3.17. The standard InChI is InChI=1S/C16H16N4O2S/c1-10(14-11(2)18-9-23-14)12-3-5-13(6-4-12)19-15(21)20-16-17-7-8-22-16/h3-10H,1-2H3,(H2,17,19,20,21)/t10-/m1/s1. The molecule has 23 heavy (non-hydrogen) atoms. The molecule has 0 aliphatic carbocycles. The molecule has 1 aromatic carbocycles. The highest BCUT2D eigenvalue weighted by atomic mass is 32.1. The van der Waals surface area contributed by atoms with E-state index in [-0.39, 0.29) is 11.9 Å². The topological polar surface area (TPSA) is 80.0 Å². The van der Waals surface area contributed by atoms with Gasteiger partial charge < -0.3 is 9.73 Å². The Hall–Kier alpha value is -2.67. The average Bonchev–Trinajstić information content (AvgIpc) is 3.19. The van der Waals surface area contributed by atoms with Crippen LogP contribution < -0.4 is 10.6 Å². The molecule has 0 fully saturated rings. The van der Waals surface area contributed by atoms with Crippen molar-refractivity contribution in [1.82, 2.24) is 9.97 Å². The molecule has 0 saturated carbocycles. The smallest absolute Gasteiger partial charge is 0.327 e. The van der Waals surface area contributed by atoms with Gasteiger partial charge in [-0.1, -0.05) is 19.1 Å². The van der Waals surface area contributed by atoms with Crippen LogP contribution in [0.1, 0.15) is 29.0 Å². The van der Waals surface area contributed by atoms with Gasteiger partial charge in [0.05, 0.1) is 17.4 Å². The second-order valence-corrected chi connectivity index (χ2v) is 5.95. The first kappa shape index (κ1) is 15.2. The molecule has 0 spiro atoms. The van der Waals surface area contributed by atoms with Crippen molar-refractivity contribution in [2.45, 2.75) is 19.8 Å². The number of hydrogen-bond acceptors (Lipinski definition) is 5. The van der Waals surface area contributed by atoms with Crippen molar-refractivity contribution in [3.63, 3.8) is 0 Å². The van der Waals surface area contributed by atoms with Crippen molar-refractivity contribution in [2.75, 3.05) is 10.6 Å². The molecule has 0 unspecified atom stereocenters. The highest BCUT2D eigenvalue weighted by molar-refractivity contribution is 7.09. The molecule has 1 atom stereocenters. The zero-order chi connectivity index (χ0) is 16.2. The Bertz CT molecular complexity index is 781. The van der Waals surface area contributed by atoms with Crippen molar-refractivity contribution < 1.29 is 9.21 Å². The minimum Gasteiger partial charge on any atom is -0.432 e. The van der Waals surface area contributed by atoms with E-state index >= 15 is 0 Å². The van der Waals surface area contributed by atoms with Gasteiger partial charge in [-0.3, -0.25) is 5.32 Å². The first-order valence-electron chi connectivity index (χ1n) is 7.11. The lowest BCUT2D eigenvalue weighted by atomic mass is 9.98. The van der Waals surface area contributed by atoms with Crippen LogP contribution in [0.15, 0.2) is 46.7 Å². The number of benzene rings is 1. The molecule has 3 rings (SSSR count). The lowest BCUT2D eigenvalue weighted by Crippen LogP contribution is -2.19. The lowest BCUT2D eigenvalue weighted by Gasteiger charge is -2.12. The number of thiazole rings is 1. The Morgan fingerprint density at radius 2 is 2.00 bits per heavy atom. The molecular weight excluding hydrogens is 312 g/mol. The Morgan fingerprint density at radius 3 is 2.61 bits per heavy atom. The van der Waals surface area contributed by atoms with E-state index in [0.29, 0.717) is 5.69 Å². The normalized spacial score (nSPS) is 11.9. The molecule has 0 aliphatic heterocycles. The van der Waals surface area contributed by atoms with Crippen LogP contribution in [-0.2, 0) is 0 Å². The van der Waals surface area contributed by atoms with E-state index in [1.807, 2.05) is 36.7 Å². The van der Waals surface area contributed by atoms with Gasteiger partial charge in [-0.2, -0.15) is 0 Å². The third-order valence-electron chi connectivity index (χ3n) is 3.50. The molecule has 2 heterocycles. The highest BCUT2D eigenvalue weighted by Crippen LogP contribution is 2.30. The molecule has 6 nitrogen and oxygen atoms in total. The van der Waals surface area contributed by atoms with Crippen molar-refractivity contribution in [3.05, 3.63) is 58.4 Å². The third-order valence-corrected chi connectivity index (χ3v) is 4.61. The predicted octanol–water partition coefficient (Wildman–Crippen LogP) is 4.24. The minimum absolute atomic E-state index is 0.161. The maximum absolute atomic E-state index is 11.8. The van der Waals surface area contributed by atoms with Gasteiger partial charge in [0, 0.05) is 16.5 Å². The van der Waals surface area contributed by atoms with Crippen LogP contribution in [0.5, 0.6) is 0 Å². The third kappa shape index (κ3) is 3.57. The van der Waals surface area contributed by atoms with Crippen LogP contribution in [-0.4, -0.2) is 16.0 Å². The summed E-state index contributed by atoms with van der Waals surface area (Å²) < 4.78 is 4.96. The number of aryl methyl sites for hydroxylation is 1. The van der Waals surface area contributed by atoms with Gasteiger partial charge >= 0.3 is 12.0 Å². The molecule has 2 amide bonds. The molecule has 2 aromatic heterocycles. The minimum atomic E-state index is -0.397. The molecule has 0 bridgehead atoms. The number of hydrogen-bond donors (Lipinski definition) is 2. The number of nitrogens with one attached hydrogen (secondary N) is 2. The van der Waals surface area contributed by atoms with Crippen molar-refractivity contribution in [1.29, 1.82) is 0 Å². The second kappa shape index (κ2) is 6.62. The molecule has 7 heteroatoms. The summed E-state index contributed by atoms with van der Waals surface area (Å²) in [5.74, 6) is 0.276. The number of carbonyl (C=O) groups is 1. The van der Waals surface area contributed by atoms with Crippen LogP contribution in [0.25, 0.3) is 0 Å². The maximum atomic E-state index is 11.8. The van der Waals surface area contributed by atoms with E-state index in [2.05, 4.69) is 27.5 Å². The van der Waals surface area contributed by atoms with Crippen molar-refractivity contribution in [3.8, 4) is 0 Å². The van der Waals surface area contributed by atoms with Crippen LogP contribution >= 0.6 is 11.3 Å². The number of urea groups is 1. The summed E-state index contributed by atoms with van der Waals surface area (Å²) in [6.07, 6.45) is 2.86. The summed E-state index contributed by atoms with van der Waals surface area (Å²) in [4.78, 5) is 21.2. The number of aromatic nitrogens is 2. The van der Waals surface area contributed by atoms with Gasteiger partial charge in [0.2, 0.25) is 0 Å². The molecule has 0 radical (unpaired) electrons. The summed E-state index contributed by atoms with van der Waals surface area (Å²) in [5.41, 5.74) is 4.81. The van der Waals surface area contributed by atoms with E-state index in [9.17, 15) is 4.79 Å². The fourth-order valence-electron chi connectivity index (χ4n) is 2.28. The fraction of sp³-hybridized carbons (Fsp3) is 0.188. The number of carbonyl (C=O) groups excluding carboxylic acids is 1.